The van der Waals surface area contributed by atoms with Gasteiger partial charge in [0.05, 0.1) is 0 Å². The van der Waals surface area contributed by atoms with Crippen molar-refractivity contribution in [1.82, 2.24) is 9.80 Å². The Bertz CT molecular complexity index is 632. The molecule has 0 spiro atoms. The van der Waals surface area contributed by atoms with Gasteiger partial charge in [-0.2, -0.15) is 0 Å². The number of carbonyl (C=O) groups is 1. The quantitative estimate of drug-likeness (QED) is 0.845. The maximum atomic E-state index is 12.5. The number of benzene rings is 2. The number of hydrogen-bond acceptors (Lipinski definition) is 2. The number of hydrogen-bond donors (Lipinski definition) is 0. The smallest absolute Gasteiger partial charge is 0.253 e. The van der Waals surface area contributed by atoms with Gasteiger partial charge >= 0.3 is 0 Å². The van der Waals surface area contributed by atoms with Gasteiger partial charge in [0.25, 0.3) is 5.91 Å². The number of aryl methyl sites for hydroxylation is 1. The molecule has 0 aliphatic heterocycles. The number of rotatable bonds is 5. The van der Waals surface area contributed by atoms with Crippen molar-refractivity contribution in [2.75, 3.05) is 34.2 Å². The summed E-state index contributed by atoms with van der Waals surface area (Å²) in [4.78, 5) is 16.4. The fourth-order valence-electron chi connectivity index (χ4n) is 2.25. The first kappa shape index (κ1) is 16.2. The first-order valence-electron chi connectivity index (χ1n) is 7.54. The molecule has 3 nitrogen and oxygen atoms in total. The van der Waals surface area contributed by atoms with Gasteiger partial charge < -0.3 is 9.80 Å². The lowest BCUT2D eigenvalue weighted by molar-refractivity contribution is 0.0786. The zero-order valence-corrected chi connectivity index (χ0v) is 13.8. The lowest BCUT2D eigenvalue weighted by Crippen LogP contribution is -2.33. The molecular formula is C19H24N2O. The van der Waals surface area contributed by atoms with Crippen LogP contribution in [-0.4, -0.2) is 49.9 Å². The van der Waals surface area contributed by atoms with Crippen LogP contribution in [0.25, 0.3) is 11.1 Å². The zero-order chi connectivity index (χ0) is 16.1. The van der Waals surface area contributed by atoms with E-state index in [1.165, 1.54) is 5.56 Å². The zero-order valence-electron chi connectivity index (χ0n) is 13.8. The van der Waals surface area contributed by atoms with Crippen LogP contribution in [-0.2, 0) is 0 Å². The van der Waals surface area contributed by atoms with Gasteiger partial charge in [0, 0.05) is 25.7 Å². The number of nitrogens with zero attached hydrogens (tertiary/aromatic N) is 2. The summed E-state index contributed by atoms with van der Waals surface area (Å²) in [6, 6.07) is 16.2. The predicted octanol–water partition coefficient (Wildman–Crippen LogP) is 3.30. The van der Waals surface area contributed by atoms with Crippen LogP contribution < -0.4 is 0 Å². The van der Waals surface area contributed by atoms with Gasteiger partial charge in [-0.25, -0.2) is 0 Å². The van der Waals surface area contributed by atoms with Crippen LogP contribution in [0.1, 0.15) is 15.9 Å². The summed E-state index contributed by atoms with van der Waals surface area (Å²) in [5.41, 5.74) is 4.18. The summed E-state index contributed by atoms with van der Waals surface area (Å²) < 4.78 is 0. The standard InChI is InChI=1S/C19H24N2O/c1-15-8-10-16(11-9-15)17-6-5-7-18(14-17)19(22)21(4)13-12-20(2)3/h5-11,14H,12-13H2,1-4H3. The summed E-state index contributed by atoms with van der Waals surface area (Å²) in [5, 5.41) is 0. The topological polar surface area (TPSA) is 23.6 Å². The van der Waals surface area contributed by atoms with Crippen LogP contribution in [0.15, 0.2) is 48.5 Å². The third kappa shape index (κ3) is 4.18. The Labute approximate surface area is 133 Å². The molecule has 0 bridgehead atoms. The van der Waals surface area contributed by atoms with Crippen LogP contribution in [0.2, 0.25) is 0 Å². The minimum atomic E-state index is 0.0656. The second-order valence-corrected chi connectivity index (χ2v) is 5.98. The molecule has 0 saturated carbocycles. The van der Waals surface area contributed by atoms with E-state index in [1.807, 2.05) is 45.4 Å². The molecule has 0 aliphatic carbocycles. The first-order valence-corrected chi connectivity index (χ1v) is 7.54. The molecule has 0 atom stereocenters. The highest BCUT2D eigenvalue weighted by Gasteiger charge is 2.12. The fourth-order valence-corrected chi connectivity index (χ4v) is 2.25. The molecule has 2 rings (SSSR count). The van der Waals surface area contributed by atoms with E-state index in [4.69, 9.17) is 0 Å². The predicted molar refractivity (Wildman–Crippen MR) is 92.1 cm³/mol. The minimum absolute atomic E-state index is 0.0656. The highest BCUT2D eigenvalue weighted by Crippen LogP contribution is 2.21. The third-order valence-electron chi connectivity index (χ3n) is 3.72. The SMILES string of the molecule is Cc1ccc(-c2cccc(C(=O)N(C)CCN(C)C)c2)cc1. The number of likely N-dealkylation sites (N-methyl/N-ethyl adjacent to an activating group) is 2. The summed E-state index contributed by atoms with van der Waals surface area (Å²) in [6.07, 6.45) is 0. The van der Waals surface area contributed by atoms with Crippen molar-refractivity contribution in [2.24, 2.45) is 0 Å². The number of amides is 1. The monoisotopic (exact) mass is 296 g/mol. The molecule has 0 fully saturated rings. The molecule has 22 heavy (non-hydrogen) atoms. The van der Waals surface area contributed by atoms with Crippen molar-refractivity contribution in [1.29, 1.82) is 0 Å². The van der Waals surface area contributed by atoms with E-state index in [9.17, 15) is 4.79 Å². The second-order valence-electron chi connectivity index (χ2n) is 5.98. The van der Waals surface area contributed by atoms with Crippen molar-refractivity contribution < 1.29 is 4.79 Å². The van der Waals surface area contributed by atoms with Crippen molar-refractivity contribution in [3.05, 3.63) is 59.7 Å². The average Bonchev–Trinajstić information content (AvgIpc) is 2.52. The maximum absolute atomic E-state index is 12.5. The van der Waals surface area contributed by atoms with E-state index in [0.29, 0.717) is 0 Å². The van der Waals surface area contributed by atoms with Gasteiger partial charge in [0.15, 0.2) is 0 Å². The number of carbonyl (C=O) groups excluding carboxylic acids is 1. The Hall–Kier alpha value is -2.13. The van der Waals surface area contributed by atoms with Crippen LogP contribution in [0.5, 0.6) is 0 Å². The van der Waals surface area contributed by atoms with Crippen LogP contribution in [0.3, 0.4) is 0 Å². The van der Waals surface area contributed by atoms with Crippen molar-refractivity contribution >= 4 is 5.91 Å². The normalized spacial score (nSPS) is 10.8. The summed E-state index contributed by atoms with van der Waals surface area (Å²) in [6.45, 7) is 3.66. The lowest BCUT2D eigenvalue weighted by Gasteiger charge is -2.20. The Morgan fingerprint density at radius 1 is 0.909 bits per heavy atom. The Morgan fingerprint density at radius 2 is 1.59 bits per heavy atom. The molecule has 0 saturated heterocycles. The largest absolute Gasteiger partial charge is 0.340 e. The lowest BCUT2D eigenvalue weighted by atomic mass is 10.0. The summed E-state index contributed by atoms with van der Waals surface area (Å²) in [7, 11) is 5.87. The van der Waals surface area contributed by atoms with Crippen LogP contribution in [0.4, 0.5) is 0 Å². The molecule has 116 valence electrons. The molecule has 2 aromatic rings. The highest BCUT2D eigenvalue weighted by molar-refractivity contribution is 5.95. The van der Waals surface area contributed by atoms with Crippen molar-refractivity contribution in [2.45, 2.75) is 6.92 Å². The first-order chi connectivity index (χ1) is 10.5. The van der Waals surface area contributed by atoms with Crippen LogP contribution in [0, 0.1) is 6.92 Å². The maximum Gasteiger partial charge on any atom is 0.253 e. The molecule has 0 aliphatic rings. The molecule has 1 amide bonds. The van der Waals surface area contributed by atoms with E-state index < -0.39 is 0 Å². The third-order valence-corrected chi connectivity index (χ3v) is 3.72. The van der Waals surface area contributed by atoms with E-state index in [-0.39, 0.29) is 5.91 Å². The average molecular weight is 296 g/mol. The molecule has 0 N–H and O–H groups in total. The molecule has 0 unspecified atom stereocenters. The van der Waals surface area contributed by atoms with E-state index in [1.54, 1.807) is 4.90 Å². The van der Waals surface area contributed by atoms with Gasteiger partial charge in [0.2, 0.25) is 0 Å². The molecule has 3 heteroatoms. The molecular weight excluding hydrogens is 272 g/mol. The fraction of sp³-hybridized carbons (Fsp3) is 0.316. The van der Waals surface area contributed by atoms with E-state index in [2.05, 4.69) is 36.1 Å². The molecule has 2 aromatic carbocycles. The Morgan fingerprint density at radius 3 is 2.23 bits per heavy atom. The van der Waals surface area contributed by atoms with Crippen LogP contribution >= 0.6 is 0 Å². The summed E-state index contributed by atoms with van der Waals surface area (Å²) >= 11 is 0. The van der Waals surface area contributed by atoms with Crippen molar-refractivity contribution in [3.63, 3.8) is 0 Å². The van der Waals surface area contributed by atoms with E-state index >= 15 is 0 Å². The Balaban J connectivity index is 2.17. The van der Waals surface area contributed by atoms with Gasteiger partial charge in [-0.1, -0.05) is 42.0 Å². The van der Waals surface area contributed by atoms with Crippen molar-refractivity contribution in [3.8, 4) is 11.1 Å². The highest BCUT2D eigenvalue weighted by atomic mass is 16.2. The van der Waals surface area contributed by atoms with Gasteiger partial charge in [-0.15, -0.1) is 0 Å². The van der Waals surface area contributed by atoms with Gasteiger partial charge in [-0.05, 0) is 44.3 Å². The van der Waals surface area contributed by atoms with Gasteiger partial charge in [0.1, 0.15) is 0 Å². The van der Waals surface area contributed by atoms with E-state index in [0.717, 1.165) is 29.8 Å². The second kappa shape index (κ2) is 7.23. The van der Waals surface area contributed by atoms with Gasteiger partial charge in [-0.3, -0.25) is 4.79 Å². The minimum Gasteiger partial charge on any atom is -0.340 e. The molecule has 0 aromatic heterocycles. The summed E-state index contributed by atoms with van der Waals surface area (Å²) in [5.74, 6) is 0.0656. The Kier molecular flexibility index (Phi) is 5.34. The molecule has 0 heterocycles. The molecule has 0 radical (unpaired) electrons.